The summed E-state index contributed by atoms with van der Waals surface area (Å²) >= 11 is 0. The third-order valence-corrected chi connectivity index (χ3v) is 10.1. The average molecular weight is 615 g/mol. The Balaban J connectivity index is 1.22. The molecule has 3 saturated carbocycles. The van der Waals surface area contributed by atoms with Crippen molar-refractivity contribution in [3.63, 3.8) is 0 Å². The maximum atomic E-state index is 13.4. The quantitative estimate of drug-likeness (QED) is 0.288. The van der Waals surface area contributed by atoms with E-state index >= 15 is 0 Å². The van der Waals surface area contributed by atoms with Crippen molar-refractivity contribution >= 4 is 11.9 Å². The van der Waals surface area contributed by atoms with Crippen LogP contribution in [0, 0.1) is 11.3 Å². The number of esters is 2. The van der Waals surface area contributed by atoms with Gasteiger partial charge in [0, 0.05) is 12.3 Å². The first kappa shape index (κ1) is 29.6. The lowest BCUT2D eigenvalue weighted by Gasteiger charge is -2.68. The van der Waals surface area contributed by atoms with Crippen LogP contribution in [-0.4, -0.2) is 107 Å². The highest BCUT2D eigenvalue weighted by atomic mass is 16.8. The molecular weight excluding hydrogens is 580 g/mol. The molecule has 4 N–H and O–H groups in total. The molecule has 0 aromatic heterocycles. The molecule has 4 saturated heterocycles. The SMILES string of the molecule is COc1ccc(C(=O)O[C@@]23C[C@]4(C)O[C@H](O2)[C@]2(COC(=O)c5ccccc5)[C@H]3C[C@@]24O[C@@H]2O[C@H](CO)[C@@H](O)[C@H](O)[C@H]2O)cc1. The van der Waals surface area contributed by atoms with Crippen LogP contribution in [0.3, 0.4) is 0 Å². The van der Waals surface area contributed by atoms with Gasteiger partial charge in [0.05, 0.1) is 30.3 Å². The van der Waals surface area contributed by atoms with Crippen molar-refractivity contribution in [3.8, 4) is 5.75 Å². The van der Waals surface area contributed by atoms with E-state index in [0.717, 1.165) is 0 Å². The van der Waals surface area contributed by atoms with Crippen LogP contribution in [0.4, 0.5) is 0 Å². The van der Waals surface area contributed by atoms with Gasteiger partial charge >= 0.3 is 11.9 Å². The van der Waals surface area contributed by atoms with Crippen LogP contribution in [-0.2, 0) is 28.4 Å². The Hall–Kier alpha value is -3.14. The van der Waals surface area contributed by atoms with Gasteiger partial charge < -0.3 is 53.6 Å². The second kappa shape index (κ2) is 10.2. The van der Waals surface area contributed by atoms with Gasteiger partial charge in [0.15, 0.2) is 12.6 Å². The molecule has 9 rings (SSSR count). The molecule has 6 bridgehead atoms. The van der Waals surface area contributed by atoms with E-state index in [0.29, 0.717) is 11.3 Å². The summed E-state index contributed by atoms with van der Waals surface area (Å²) in [5, 5.41) is 41.3. The van der Waals surface area contributed by atoms with Crippen LogP contribution >= 0.6 is 0 Å². The Morgan fingerprint density at radius 2 is 1.64 bits per heavy atom. The van der Waals surface area contributed by atoms with Crippen LogP contribution in [0.5, 0.6) is 5.75 Å². The Morgan fingerprint density at radius 1 is 0.932 bits per heavy atom. The molecule has 4 aliphatic heterocycles. The van der Waals surface area contributed by atoms with Crippen molar-refractivity contribution in [2.75, 3.05) is 20.3 Å². The number of carbonyl (C=O) groups is 2. The first-order valence-corrected chi connectivity index (χ1v) is 14.5. The first-order valence-electron chi connectivity index (χ1n) is 14.5. The largest absolute Gasteiger partial charge is 0.497 e. The Bertz CT molecular complexity index is 1430. The molecule has 7 fully saturated rings. The Labute approximate surface area is 252 Å². The molecule has 4 heterocycles. The monoisotopic (exact) mass is 614 g/mol. The molecule has 2 aromatic rings. The van der Waals surface area contributed by atoms with Crippen molar-refractivity contribution < 1.29 is 63.2 Å². The molecule has 44 heavy (non-hydrogen) atoms. The number of aliphatic hydroxyl groups is 4. The zero-order valence-electron chi connectivity index (χ0n) is 24.0. The smallest absolute Gasteiger partial charge is 0.340 e. The second-order valence-electron chi connectivity index (χ2n) is 12.3. The fraction of sp³-hybridized carbons (Fsp3) is 0.548. The van der Waals surface area contributed by atoms with E-state index in [2.05, 4.69) is 0 Å². The summed E-state index contributed by atoms with van der Waals surface area (Å²) in [6.45, 7) is 0.883. The minimum atomic E-state index is -1.67. The van der Waals surface area contributed by atoms with E-state index in [-0.39, 0.29) is 25.0 Å². The molecule has 13 nitrogen and oxygen atoms in total. The molecule has 7 aliphatic rings. The number of benzene rings is 2. The first-order chi connectivity index (χ1) is 21.0. The molecule has 3 aliphatic carbocycles. The minimum absolute atomic E-state index is 0.0505. The lowest BCUT2D eigenvalue weighted by atomic mass is 9.41. The molecule has 2 aromatic carbocycles. The second-order valence-corrected chi connectivity index (χ2v) is 12.3. The van der Waals surface area contributed by atoms with Gasteiger partial charge in [-0.2, -0.15) is 0 Å². The number of aliphatic hydroxyl groups excluding tert-OH is 4. The van der Waals surface area contributed by atoms with E-state index in [1.807, 2.05) is 0 Å². The number of methoxy groups -OCH3 is 1. The molecule has 0 unspecified atom stereocenters. The highest BCUT2D eigenvalue weighted by Gasteiger charge is 2.96. The molecular formula is C31H34O13. The molecule has 0 amide bonds. The predicted molar refractivity (Wildman–Crippen MR) is 145 cm³/mol. The van der Waals surface area contributed by atoms with Crippen LogP contribution in [0.2, 0.25) is 0 Å². The van der Waals surface area contributed by atoms with Crippen LogP contribution in [0.25, 0.3) is 0 Å². The highest BCUT2D eigenvalue weighted by Crippen LogP contribution is 2.82. The zero-order valence-corrected chi connectivity index (χ0v) is 24.0. The molecule has 0 spiro atoms. The van der Waals surface area contributed by atoms with E-state index < -0.39 is 83.9 Å². The van der Waals surface area contributed by atoms with E-state index in [4.69, 9.17) is 33.2 Å². The van der Waals surface area contributed by atoms with Gasteiger partial charge in [-0.1, -0.05) is 18.2 Å². The summed E-state index contributed by atoms with van der Waals surface area (Å²) in [6, 6.07) is 14.9. The summed E-state index contributed by atoms with van der Waals surface area (Å²) in [7, 11) is 1.52. The molecule has 0 radical (unpaired) electrons. The summed E-state index contributed by atoms with van der Waals surface area (Å²) in [5.41, 5.74) is -3.09. The van der Waals surface area contributed by atoms with Crippen molar-refractivity contribution in [2.45, 2.75) is 73.8 Å². The number of rotatable bonds is 9. The third kappa shape index (κ3) is 3.88. The van der Waals surface area contributed by atoms with Gasteiger partial charge in [-0.15, -0.1) is 0 Å². The van der Waals surface area contributed by atoms with Gasteiger partial charge in [0.1, 0.15) is 48.0 Å². The highest BCUT2D eigenvalue weighted by molar-refractivity contribution is 5.90. The minimum Gasteiger partial charge on any atom is -0.497 e. The number of ether oxygens (including phenoxy) is 7. The standard InChI is InChI=1S/C31H34O13/c1-28-14-30(41-25(37)17-8-10-18(38-2)11-9-17)20-12-31(28,42-26-23(35)22(34)21(33)19(13-32)40-26)29(20,27(43-28)44-30)15-39-24(36)16-6-4-3-5-7-16/h3-11,19-23,26-27,32-35H,12-15H2,1-2H3/t19-,20-,21-,22+,23-,26+,27-,28+,29+,30+,31+/m1/s1. The van der Waals surface area contributed by atoms with Crippen molar-refractivity contribution in [1.29, 1.82) is 0 Å². The topological polar surface area (TPSA) is 180 Å². The molecule has 236 valence electrons. The maximum Gasteiger partial charge on any atom is 0.340 e. The lowest BCUT2D eigenvalue weighted by Crippen LogP contribution is -2.81. The Kier molecular flexibility index (Phi) is 6.85. The summed E-state index contributed by atoms with van der Waals surface area (Å²) in [5.74, 6) is -2.63. The van der Waals surface area contributed by atoms with Crippen molar-refractivity contribution in [3.05, 3.63) is 65.7 Å². The third-order valence-electron chi connectivity index (χ3n) is 10.1. The maximum absolute atomic E-state index is 13.4. The predicted octanol–water partition coefficient (Wildman–Crippen LogP) is 0.516. The van der Waals surface area contributed by atoms with Gasteiger partial charge in [-0.05, 0) is 49.7 Å². The van der Waals surface area contributed by atoms with Crippen molar-refractivity contribution in [2.24, 2.45) is 11.3 Å². The van der Waals surface area contributed by atoms with Crippen LogP contribution in [0.1, 0.15) is 40.5 Å². The molecule has 13 heteroatoms. The normalized spacial score (nSPS) is 42.9. The van der Waals surface area contributed by atoms with Gasteiger partial charge in [0.25, 0.3) is 0 Å². The van der Waals surface area contributed by atoms with E-state index in [9.17, 15) is 30.0 Å². The lowest BCUT2D eigenvalue weighted by molar-refractivity contribution is -0.422. The van der Waals surface area contributed by atoms with Crippen LogP contribution in [0.15, 0.2) is 54.6 Å². The molecule has 11 atom stereocenters. The zero-order chi connectivity index (χ0) is 31.1. The Morgan fingerprint density at radius 3 is 2.32 bits per heavy atom. The number of hydrogen-bond donors (Lipinski definition) is 4. The number of carbonyl (C=O) groups excluding carboxylic acids is 2. The average Bonchev–Trinajstić information content (AvgIpc) is 3.23. The van der Waals surface area contributed by atoms with E-state index in [1.165, 1.54) is 7.11 Å². The van der Waals surface area contributed by atoms with Gasteiger partial charge in [-0.25, -0.2) is 9.59 Å². The van der Waals surface area contributed by atoms with E-state index in [1.54, 1.807) is 61.5 Å². The summed E-state index contributed by atoms with van der Waals surface area (Å²) in [6.07, 6.45) is -8.37. The fourth-order valence-electron chi connectivity index (χ4n) is 7.92. The summed E-state index contributed by atoms with van der Waals surface area (Å²) in [4.78, 5) is 26.5. The summed E-state index contributed by atoms with van der Waals surface area (Å²) < 4.78 is 42.2. The van der Waals surface area contributed by atoms with Crippen molar-refractivity contribution in [1.82, 2.24) is 0 Å². The fourth-order valence-corrected chi connectivity index (χ4v) is 7.92. The van der Waals surface area contributed by atoms with Gasteiger partial charge in [-0.3, -0.25) is 0 Å². The number of hydrogen-bond acceptors (Lipinski definition) is 13. The van der Waals surface area contributed by atoms with Gasteiger partial charge in [0.2, 0.25) is 5.79 Å². The van der Waals surface area contributed by atoms with Crippen LogP contribution < -0.4 is 4.74 Å².